The highest BCUT2D eigenvalue weighted by Crippen LogP contribution is 2.23. The van der Waals surface area contributed by atoms with Crippen molar-refractivity contribution in [2.75, 3.05) is 19.9 Å². The minimum Gasteiger partial charge on any atom is -0.468 e. The lowest BCUT2D eigenvalue weighted by Gasteiger charge is -2.25. The number of alkyl halides is 3. The number of rotatable bonds is 6. The summed E-state index contributed by atoms with van der Waals surface area (Å²) in [5, 5.41) is 0. The van der Waals surface area contributed by atoms with Crippen LogP contribution in [0.2, 0.25) is 0 Å². The van der Waals surface area contributed by atoms with E-state index in [2.05, 4.69) is 9.72 Å². The number of hydrogen-bond donors (Lipinski definition) is 0. The summed E-state index contributed by atoms with van der Waals surface area (Å²) in [7, 11) is -1.75. The van der Waals surface area contributed by atoms with E-state index >= 15 is 0 Å². The first-order valence-electron chi connectivity index (χ1n) is 8.11. The van der Waals surface area contributed by atoms with Crippen LogP contribution in [0.4, 0.5) is 13.2 Å². The molecule has 0 aliphatic carbocycles. The quantitative estimate of drug-likeness (QED) is 0.723. The summed E-state index contributed by atoms with van der Waals surface area (Å²) in [6.07, 6.45) is -2.22. The molecule has 0 bridgehead atoms. The molecule has 1 unspecified atom stereocenters. The number of amides is 1. The van der Waals surface area contributed by atoms with E-state index in [1.807, 2.05) is 0 Å². The van der Waals surface area contributed by atoms with Gasteiger partial charge in [0.05, 0.1) is 16.5 Å². The van der Waals surface area contributed by atoms with E-state index < -0.39 is 28.5 Å². The SMILES string of the molecule is CC(c1ccc(S(C)(=O)=O)cc1)N(C)C(=O)c1ccc(OCC(F)(F)F)nc1. The van der Waals surface area contributed by atoms with Crippen LogP contribution in [-0.4, -0.2) is 50.3 Å². The van der Waals surface area contributed by atoms with E-state index in [1.54, 1.807) is 26.1 Å². The summed E-state index contributed by atoms with van der Waals surface area (Å²) in [5.74, 6) is -0.629. The van der Waals surface area contributed by atoms with Gasteiger partial charge in [0.1, 0.15) is 0 Å². The molecular weight excluding hydrogens is 397 g/mol. The molecule has 0 saturated carbocycles. The molecular formula is C18H19F3N2O4S. The third-order valence-corrected chi connectivity index (χ3v) is 5.19. The zero-order chi connectivity index (χ0) is 21.1. The highest BCUT2D eigenvalue weighted by molar-refractivity contribution is 7.90. The molecule has 10 heteroatoms. The Morgan fingerprint density at radius 1 is 1.18 bits per heavy atom. The number of pyridine rings is 1. The normalized spacial score (nSPS) is 13.1. The van der Waals surface area contributed by atoms with Gasteiger partial charge in [-0.1, -0.05) is 12.1 Å². The molecule has 6 nitrogen and oxygen atoms in total. The standard InChI is InChI=1S/C18H19F3N2O4S/c1-12(13-4-7-15(8-5-13)28(3,25)26)23(2)17(24)14-6-9-16(22-10-14)27-11-18(19,20)21/h4-10,12H,11H2,1-3H3. The third-order valence-electron chi connectivity index (χ3n) is 4.06. The second kappa shape index (κ2) is 8.17. The predicted octanol–water partition coefficient (Wildman–Crippen LogP) is 3.26. The van der Waals surface area contributed by atoms with Crippen molar-refractivity contribution in [1.29, 1.82) is 0 Å². The van der Waals surface area contributed by atoms with Crippen molar-refractivity contribution < 1.29 is 31.1 Å². The summed E-state index contributed by atoms with van der Waals surface area (Å²) in [6, 6.07) is 8.33. The fourth-order valence-corrected chi connectivity index (χ4v) is 2.98. The zero-order valence-electron chi connectivity index (χ0n) is 15.4. The molecule has 28 heavy (non-hydrogen) atoms. The van der Waals surface area contributed by atoms with Crippen LogP contribution in [0.1, 0.15) is 28.9 Å². The average molecular weight is 416 g/mol. The van der Waals surface area contributed by atoms with Crippen LogP contribution in [0.25, 0.3) is 0 Å². The van der Waals surface area contributed by atoms with Crippen molar-refractivity contribution in [3.8, 4) is 5.88 Å². The van der Waals surface area contributed by atoms with Crippen LogP contribution < -0.4 is 4.74 Å². The van der Waals surface area contributed by atoms with Gasteiger partial charge in [-0.25, -0.2) is 13.4 Å². The second-order valence-electron chi connectivity index (χ2n) is 6.22. The summed E-state index contributed by atoms with van der Waals surface area (Å²) in [5.41, 5.74) is 0.905. The smallest absolute Gasteiger partial charge is 0.422 e. The lowest BCUT2D eigenvalue weighted by Crippen LogP contribution is -2.29. The molecule has 1 aromatic heterocycles. The number of benzene rings is 1. The van der Waals surface area contributed by atoms with Crippen molar-refractivity contribution in [2.45, 2.75) is 24.0 Å². The third kappa shape index (κ3) is 5.69. The largest absolute Gasteiger partial charge is 0.468 e. The molecule has 0 aliphatic heterocycles. The van der Waals surface area contributed by atoms with Gasteiger partial charge in [0.2, 0.25) is 5.88 Å². The van der Waals surface area contributed by atoms with Gasteiger partial charge in [0.15, 0.2) is 16.4 Å². The predicted molar refractivity (Wildman–Crippen MR) is 95.8 cm³/mol. The Kier molecular flexibility index (Phi) is 6.33. The van der Waals surface area contributed by atoms with E-state index in [4.69, 9.17) is 0 Å². The van der Waals surface area contributed by atoms with E-state index in [0.29, 0.717) is 0 Å². The van der Waals surface area contributed by atoms with Crippen LogP contribution in [0.15, 0.2) is 47.5 Å². The average Bonchev–Trinajstić information content (AvgIpc) is 2.64. The highest BCUT2D eigenvalue weighted by atomic mass is 32.2. The minimum absolute atomic E-state index is 0.177. The fraction of sp³-hybridized carbons (Fsp3) is 0.333. The Bertz CT molecular complexity index is 927. The van der Waals surface area contributed by atoms with Gasteiger partial charge in [-0.2, -0.15) is 13.2 Å². The van der Waals surface area contributed by atoms with Crippen molar-refractivity contribution in [1.82, 2.24) is 9.88 Å². The van der Waals surface area contributed by atoms with Gasteiger partial charge < -0.3 is 9.64 Å². The Balaban J connectivity index is 2.08. The van der Waals surface area contributed by atoms with Crippen LogP contribution in [0, 0.1) is 0 Å². The van der Waals surface area contributed by atoms with Gasteiger partial charge in [-0.15, -0.1) is 0 Å². The summed E-state index contributed by atoms with van der Waals surface area (Å²) in [6.45, 7) is 0.301. The van der Waals surface area contributed by atoms with E-state index in [9.17, 15) is 26.4 Å². The highest BCUT2D eigenvalue weighted by Gasteiger charge is 2.28. The van der Waals surface area contributed by atoms with E-state index in [1.165, 1.54) is 29.2 Å². The first-order chi connectivity index (χ1) is 12.9. The lowest BCUT2D eigenvalue weighted by atomic mass is 10.1. The first kappa shape index (κ1) is 21.7. The monoisotopic (exact) mass is 416 g/mol. The van der Waals surface area contributed by atoms with Gasteiger partial charge >= 0.3 is 6.18 Å². The van der Waals surface area contributed by atoms with Gasteiger partial charge in [0, 0.05) is 25.6 Å². The number of halogens is 3. The van der Waals surface area contributed by atoms with Crippen molar-refractivity contribution in [3.63, 3.8) is 0 Å². The molecule has 1 heterocycles. The van der Waals surface area contributed by atoms with Gasteiger partial charge in [-0.3, -0.25) is 4.79 Å². The maximum atomic E-state index is 12.6. The molecule has 0 saturated heterocycles. The Hall–Kier alpha value is -2.62. The number of aromatic nitrogens is 1. The first-order valence-corrected chi connectivity index (χ1v) is 10.0. The Morgan fingerprint density at radius 3 is 2.25 bits per heavy atom. The van der Waals surface area contributed by atoms with Crippen LogP contribution in [0.5, 0.6) is 5.88 Å². The molecule has 152 valence electrons. The number of nitrogens with zero attached hydrogens (tertiary/aromatic N) is 2. The Labute approximate surface area is 160 Å². The van der Waals surface area contributed by atoms with Crippen molar-refractivity contribution >= 4 is 15.7 Å². The number of carbonyl (C=O) groups is 1. The topological polar surface area (TPSA) is 76.6 Å². The second-order valence-corrected chi connectivity index (χ2v) is 8.24. The maximum absolute atomic E-state index is 12.6. The van der Waals surface area contributed by atoms with E-state index in [-0.39, 0.29) is 22.4 Å². The van der Waals surface area contributed by atoms with Gasteiger partial charge in [0.25, 0.3) is 5.91 Å². The summed E-state index contributed by atoms with van der Waals surface area (Å²) in [4.78, 5) is 17.9. The molecule has 0 fully saturated rings. The number of sulfone groups is 1. The fourth-order valence-electron chi connectivity index (χ4n) is 2.34. The Morgan fingerprint density at radius 2 is 1.79 bits per heavy atom. The minimum atomic E-state index is -4.47. The van der Waals surface area contributed by atoms with Crippen LogP contribution in [-0.2, 0) is 9.84 Å². The molecule has 0 radical (unpaired) electrons. The number of ether oxygens (including phenoxy) is 1. The molecule has 0 N–H and O–H groups in total. The maximum Gasteiger partial charge on any atom is 0.422 e. The summed E-state index contributed by atoms with van der Waals surface area (Å²) < 4.78 is 64.0. The van der Waals surface area contributed by atoms with Crippen molar-refractivity contribution in [2.24, 2.45) is 0 Å². The molecule has 1 atom stereocenters. The molecule has 0 aliphatic rings. The number of carbonyl (C=O) groups excluding carboxylic acids is 1. The summed E-state index contributed by atoms with van der Waals surface area (Å²) >= 11 is 0. The van der Waals surface area contributed by atoms with E-state index in [0.717, 1.165) is 18.0 Å². The molecule has 1 aromatic carbocycles. The lowest BCUT2D eigenvalue weighted by molar-refractivity contribution is -0.154. The van der Waals surface area contributed by atoms with Crippen molar-refractivity contribution in [3.05, 3.63) is 53.7 Å². The number of hydrogen-bond acceptors (Lipinski definition) is 5. The van der Waals surface area contributed by atoms with Crippen LogP contribution in [0.3, 0.4) is 0 Å². The molecule has 2 aromatic rings. The molecule has 2 rings (SSSR count). The van der Waals surface area contributed by atoms with Crippen LogP contribution >= 0.6 is 0 Å². The molecule has 0 spiro atoms. The zero-order valence-corrected chi connectivity index (χ0v) is 16.2. The molecule has 1 amide bonds. The van der Waals surface area contributed by atoms with Gasteiger partial charge in [-0.05, 0) is 30.7 Å².